The van der Waals surface area contributed by atoms with Gasteiger partial charge in [-0.3, -0.25) is 4.72 Å². The van der Waals surface area contributed by atoms with E-state index >= 15 is 0 Å². The third kappa shape index (κ3) is 10.8. The molecule has 2 aliphatic rings. The smallest absolute Gasteiger partial charge is 0.410 e. The van der Waals surface area contributed by atoms with Crippen LogP contribution < -0.4 is 9.29 Å². The van der Waals surface area contributed by atoms with Crippen LogP contribution in [0.3, 0.4) is 0 Å². The van der Waals surface area contributed by atoms with Crippen molar-refractivity contribution in [2.24, 2.45) is 7.05 Å². The quantitative estimate of drug-likeness (QED) is 0.464. The minimum atomic E-state index is -3.67. The fraction of sp³-hybridized carbons (Fsp3) is 0.645. The summed E-state index contributed by atoms with van der Waals surface area (Å²) in [6.45, 7) is 17.9. The second-order valence-electron chi connectivity index (χ2n) is 14.2. The first-order chi connectivity index (χ1) is 22.0. The molecule has 15 nitrogen and oxygen atoms in total. The lowest BCUT2D eigenvalue weighted by molar-refractivity contribution is -0.670. The molecule has 0 radical (unpaired) electrons. The van der Waals surface area contributed by atoms with Crippen LogP contribution in [0.4, 0.5) is 15.3 Å². The number of anilines is 1. The molecule has 1 N–H and O–H groups in total. The lowest BCUT2D eigenvalue weighted by Crippen LogP contribution is -2.57. The number of benzene rings is 1. The molecule has 2 aromatic rings. The zero-order chi connectivity index (χ0) is 36.2. The van der Waals surface area contributed by atoms with Crippen LogP contribution in [0.15, 0.2) is 43.0 Å². The highest BCUT2D eigenvalue weighted by Crippen LogP contribution is 2.21. The molecule has 4 rings (SSSR count). The van der Waals surface area contributed by atoms with Crippen LogP contribution in [-0.2, 0) is 36.9 Å². The summed E-state index contributed by atoms with van der Waals surface area (Å²) >= 11 is 0. The molecule has 0 saturated carbocycles. The molecule has 2 aliphatic heterocycles. The van der Waals surface area contributed by atoms with E-state index in [4.69, 9.17) is 9.47 Å². The molecule has 270 valence electrons. The molecule has 0 spiro atoms. The summed E-state index contributed by atoms with van der Waals surface area (Å²) in [6.07, 6.45) is 3.84. The molecule has 3 heterocycles. The number of aryl methyl sites for hydroxylation is 2. The Hall–Kier alpha value is -3.41. The van der Waals surface area contributed by atoms with Crippen LogP contribution >= 0.6 is 0 Å². The Morgan fingerprint density at radius 3 is 1.77 bits per heavy atom. The Labute approximate surface area is 285 Å². The van der Waals surface area contributed by atoms with E-state index in [9.17, 15) is 26.4 Å². The van der Waals surface area contributed by atoms with Crippen molar-refractivity contribution in [3.63, 3.8) is 0 Å². The van der Waals surface area contributed by atoms with E-state index in [1.807, 2.05) is 68.4 Å². The van der Waals surface area contributed by atoms with Gasteiger partial charge < -0.3 is 19.3 Å². The number of imidazole rings is 1. The van der Waals surface area contributed by atoms with Crippen LogP contribution in [0.5, 0.6) is 0 Å². The number of ether oxygens (including phenoxy) is 2. The number of amides is 2. The third-order valence-corrected chi connectivity index (χ3v) is 10.6. The van der Waals surface area contributed by atoms with Gasteiger partial charge in [0.1, 0.15) is 23.6 Å². The maximum atomic E-state index is 12.6. The van der Waals surface area contributed by atoms with E-state index in [0.717, 1.165) is 5.56 Å². The van der Waals surface area contributed by atoms with Gasteiger partial charge in [-0.15, -0.1) is 3.97 Å². The zero-order valence-electron chi connectivity index (χ0n) is 29.7. The van der Waals surface area contributed by atoms with E-state index in [0.29, 0.717) is 18.8 Å². The topological polar surface area (TPSA) is 155 Å². The highest BCUT2D eigenvalue weighted by atomic mass is 32.2. The number of nitrogens with zero attached hydrogens (tertiary/aromatic N) is 6. The average molecular weight is 715 g/mol. The largest absolute Gasteiger partial charge is 0.444 e. The summed E-state index contributed by atoms with van der Waals surface area (Å²) in [4.78, 5) is 27.6. The lowest BCUT2D eigenvalue weighted by atomic mass is 10.2. The molecule has 1 aromatic heterocycles. The van der Waals surface area contributed by atoms with Gasteiger partial charge in [-0.25, -0.2) is 14.2 Å². The summed E-state index contributed by atoms with van der Waals surface area (Å²) in [7, 11) is -5.51. The summed E-state index contributed by atoms with van der Waals surface area (Å²) in [5.41, 5.74) is 0.359. The van der Waals surface area contributed by atoms with Gasteiger partial charge in [0.25, 0.3) is 6.33 Å². The molecule has 2 amide bonds. The molecule has 0 bridgehead atoms. The molecule has 1 aromatic carbocycles. The van der Waals surface area contributed by atoms with Crippen LogP contribution in [0.2, 0.25) is 0 Å². The molecular weight excluding hydrogens is 663 g/mol. The summed E-state index contributed by atoms with van der Waals surface area (Å²) in [6, 6.07) is 6.67. The van der Waals surface area contributed by atoms with Gasteiger partial charge in [-0.2, -0.15) is 25.4 Å². The minimum absolute atomic E-state index is 0.223. The van der Waals surface area contributed by atoms with Crippen LogP contribution in [0, 0.1) is 6.92 Å². The molecule has 17 heteroatoms. The van der Waals surface area contributed by atoms with Gasteiger partial charge in [0.05, 0.1) is 12.7 Å². The van der Waals surface area contributed by atoms with E-state index in [-0.39, 0.29) is 38.3 Å². The van der Waals surface area contributed by atoms with Crippen molar-refractivity contribution in [2.75, 3.05) is 44.0 Å². The van der Waals surface area contributed by atoms with Gasteiger partial charge in [0.2, 0.25) is 0 Å². The number of carbonyl (C=O) groups is 2. The van der Waals surface area contributed by atoms with Crippen molar-refractivity contribution in [3.8, 4) is 0 Å². The monoisotopic (exact) mass is 714 g/mol. The Morgan fingerprint density at radius 2 is 1.33 bits per heavy atom. The van der Waals surface area contributed by atoms with Gasteiger partial charge >= 0.3 is 32.6 Å². The van der Waals surface area contributed by atoms with Gasteiger partial charge in [-0.05, 0) is 80.0 Å². The Balaban J connectivity index is 0.000000261. The number of carbonyl (C=O) groups excluding carboxylic acids is 2. The highest BCUT2D eigenvalue weighted by molar-refractivity contribution is 7.90. The molecule has 0 aliphatic carbocycles. The van der Waals surface area contributed by atoms with Crippen LogP contribution in [0.25, 0.3) is 0 Å². The van der Waals surface area contributed by atoms with Crippen molar-refractivity contribution >= 4 is 38.3 Å². The van der Waals surface area contributed by atoms with Gasteiger partial charge in [0, 0.05) is 51.4 Å². The van der Waals surface area contributed by atoms with Crippen molar-refractivity contribution in [1.82, 2.24) is 22.4 Å². The first-order valence-corrected chi connectivity index (χ1v) is 18.7. The van der Waals surface area contributed by atoms with E-state index < -0.39 is 43.8 Å². The van der Waals surface area contributed by atoms with Crippen molar-refractivity contribution < 1.29 is 40.5 Å². The van der Waals surface area contributed by atoms with E-state index in [1.54, 1.807) is 45.8 Å². The maximum absolute atomic E-state index is 12.6. The highest BCUT2D eigenvalue weighted by Gasteiger charge is 2.38. The Morgan fingerprint density at radius 1 is 0.833 bits per heavy atom. The van der Waals surface area contributed by atoms with Crippen molar-refractivity contribution in [1.29, 1.82) is 0 Å². The number of hydrogen-bond donors (Lipinski definition) is 1. The average Bonchev–Trinajstić information content (AvgIpc) is 3.38. The molecule has 0 unspecified atom stereocenters. The Kier molecular flexibility index (Phi) is 12.2. The first-order valence-electron chi connectivity index (χ1n) is 15.9. The fourth-order valence-electron chi connectivity index (χ4n) is 5.08. The van der Waals surface area contributed by atoms with Crippen LogP contribution in [-0.4, -0.2) is 114 Å². The summed E-state index contributed by atoms with van der Waals surface area (Å²) < 4.78 is 69.3. The van der Waals surface area contributed by atoms with Gasteiger partial charge in [-0.1, -0.05) is 12.1 Å². The lowest BCUT2D eigenvalue weighted by Gasteiger charge is -2.39. The maximum Gasteiger partial charge on any atom is 0.410 e. The van der Waals surface area contributed by atoms with Crippen LogP contribution in [0.1, 0.15) is 61.0 Å². The molecule has 2 saturated heterocycles. The zero-order valence-corrected chi connectivity index (χ0v) is 31.3. The molecule has 2 atom stereocenters. The van der Waals surface area contributed by atoms with E-state index in [2.05, 4.69) is 4.72 Å². The molecular formula is C31H52N7O8S2+. The minimum Gasteiger partial charge on any atom is -0.444 e. The number of aromatic nitrogens is 2. The standard InChI is InChI=1S/C17H27N3O4S.C14H25N4O4S/c1-13-7-6-8-15(11-13)18-25(22,23)19-9-10-20(14(2)12-19)16(21)24-17(3,4)5;1-12-10-16(23(20,21)17-7-6-15(5)11-17)8-9-18(12)13(19)22-14(2,3)4/h6-8,11,14,18H,9-10,12H2,1-5H3;6-7,11-12H,8-10H2,1-5H3/q;+1/t14-;12-/m11/s1. The second kappa shape index (κ2) is 15.0. The summed E-state index contributed by atoms with van der Waals surface area (Å²) in [5, 5.41) is 0. The third-order valence-electron chi connectivity index (χ3n) is 7.38. The number of hydrogen-bond acceptors (Lipinski definition) is 8. The van der Waals surface area contributed by atoms with Crippen molar-refractivity contribution in [2.45, 2.75) is 85.6 Å². The molecule has 48 heavy (non-hydrogen) atoms. The second-order valence-corrected chi connectivity index (χ2v) is 17.7. The summed E-state index contributed by atoms with van der Waals surface area (Å²) in [5.74, 6) is 0. The Bertz CT molecular complexity index is 1650. The number of rotatable bonds is 5. The SMILES string of the molecule is C[C@@H]1CN(S(=O)(=O)n2cc[n+](C)c2)CCN1C(=O)OC(C)(C)C.Cc1cccc(NS(=O)(=O)N2CCN(C(=O)OC(C)(C)C)[C@H](C)C2)c1. The van der Waals surface area contributed by atoms with Gasteiger partial charge in [0.15, 0.2) is 0 Å². The first kappa shape index (κ1) is 39.0. The fourth-order valence-corrected chi connectivity index (χ4v) is 7.83. The predicted octanol–water partition coefficient (Wildman–Crippen LogP) is 2.94. The van der Waals surface area contributed by atoms with E-state index in [1.165, 1.54) is 25.1 Å². The predicted molar refractivity (Wildman–Crippen MR) is 182 cm³/mol. The number of nitrogens with one attached hydrogen (secondary N) is 1. The molecule has 2 fully saturated rings. The number of piperazine rings is 2. The van der Waals surface area contributed by atoms with Crippen molar-refractivity contribution in [3.05, 3.63) is 48.5 Å². The normalized spacial score (nSPS) is 20.0.